The number of benzene rings is 2. The van der Waals surface area contributed by atoms with Crippen molar-refractivity contribution in [2.75, 3.05) is 26.7 Å². The highest BCUT2D eigenvalue weighted by Gasteiger charge is 2.44. The zero-order valence-electron chi connectivity index (χ0n) is 16.2. The van der Waals surface area contributed by atoms with E-state index >= 15 is 0 Å². The fraction of sp³-hybridized carbons (Fsp3) is 0.318. The number of carbonyl (C=O) groups excluding carboxylic acids is 1. The molecule has 2 aromatic carbocycles. The van der Waals surface area contributed by atoms with Gasteiger partial charge in [-0.2, -0.15) is 0 Å². The second-order valence-corrected chi connectivity index (χ2v) is 7.56. The zero-order valence-corrected chi connectivity index (χ0v) is 16.2. The van der Waals surface area contributed by atoms with Crippen LogP contribution in [0, 0.1) is 5.92 Å². The van der Waals surface area contributed by atoms with Crippen molar-refractivity contribution in [3.8, 4) is 17.2 Å². The van der Waals surface area contributed by atoms with Gasteiger partial charge in [-0.25, -0.2) is 5.43 Å². The highest BCUT2D eigenvalue weighted by molar-refractivity contribution is 6.00. The lowest BCUT2D eigenvalue weighted by atomic mass is 9.74. The lowest BCUT2D eigenvalue weighted by molar-refractivity contribution is -0.115. The van der Waals surface area contributed by atoms with Crippen molar-refractivity contribution >= 4 is 5.78 Å². The fourth-order valence-electron chi connectivity index (χ4n) is 4.48. The molecule has 3 atom stereocenters. The summed E-state index contributed by atoms with van der Waals surface area (Å²) in [5, 5.41) is 6.68. The second kappa shape index (κ2) is 7.51. The van der Waals surface area contributed by atoms with E-state index < -0.39 is 0 Å². The Hall–Kier alpha value is -2.87. The van der Waals surface area contributed by atoms with Crippen LogP contribution < -0.4 is 31.0 Å². The van der Waals surface area contributed by atoms with Crippen LogP contribution in [0.5, 0.6) is 17.2 Å². The first-order chi connectivity index (χ1) is 14.2. The zero-order chi connectivity index (χ0) is 19.8. The highest BCUT2D eigenvalue weighted by atomic mass is 16.5. The monoisotopic (exact) mass is 392 g/mol. The Morgan fingerprint density at radius 1 is 1.00 bits per heavy atom. The minimum Gasteiger partial charge on any atom is -0.497 e. The highest BCUT2D eigenvalue weighted by Crippen LogP contribution is 2.41. The van der Waals surface area contributed by atoms with Gasteiger partial charge in [0.25, 0.3) is 0 Å². The first-order valence-corrected chi connectivity index (χ1v) is 9.86. The molecule has 3 aliphatic heterocycles. The van der Waals surface area contributed by atoms with Crippen molar-refractivity contribution in [1.29, 1.82) is 0 Å². The maximum atomic E-state index is 12.8. The van der Waals surface area contributed by atoms with Crippen molar-refractivity contribution in [3.05, 3.63) is 65.4 Å². The molecule has 3 aliphatic rings. The van der Waals surface area contributed by atoms with Crippen LogP contribution in [0.3, 0.4) is 0 Å². The number of nitrogens with one attached hydrogen (secondary N) is 4. The van der Waals surface area contributed by atoms with E-state index in [-0.39, 0.29) is 23.8 Å². The first kappa shape index (κ1) is 18.2. The smallest absolute Gasteiger partial charge is 0.175 e. The molecular formula is C22H24N4O3. The van der Waals surface area contributed by atoms with Gasteiger partial charge in [-0.15, -0.1) is 0 Å². The molecule has 150 valence electrons. The van der Waals surface area contributed by atoms with Crippen LogP contribution in [0.4, 0.5) is 0 Å². The maximum Gasteiger partial charge on any atom is 0.175 e. The summed E-state index contributed by atoms with van der Waals surface area (Å²) in [7, 11) is 1.64. The molecule has 1 saturated heterocycles. The summed E-state index contributed by atoms with van der Waals surface area (Å²) in [5.41, 5.74) is 9.52. The van der Waals surface area contributed by atoms with E-state index in [1.807, 2.05) is 36.4 Å². The predicted molar refractivity (Wildman–Crippen MR) is 109 cm³/mol. The van der Waals surface area contributed by atoms with Gasteiger partial charge in [0, 0.05) is 36.2 Å². The third kappa shape index (κ3) is 3.37. The molecule has 3 heterocycles. The van der Waals surface area contributed by atoms with Crippen LogP contribution in [0.25, 0.3) is 0 Å². The standard InChI is InChI=1S/C22H24N4O3/c1-28-14-5-7-15(8-6-14)29-16-4-2-3-13(9-16)20-17-10-24-26-22(17)25-18-11-23-12-19(27)21(18)20/h2-9,17,20,22-26H,10-12H2,1H3. The number of rotatable bonds is 4. The van der Waals surface area contributed by atoms with Crippen LogP contribution in [-0.2, 0) is 4.79 Å². The van der Waals surface area contributed by atoms with Gasteiger partial charge in [0.2, 0.25) is 0 Å². The van der Waals surface area contributed by atoms with E-state index in [9.17, 15) is 4.79 Å². The molecule has 0 bridgehead atoms. The number of ketones is 1. The van der Waals surface area contributed by atoms with Crippen molar-refractivity contribution in [2.45, 2.75) is 12.1 Å². The number of hydrogen-bond donors (Lipinski definition) is 4. The molecule has 29 heavy (non-hydrogen) atoms. The van der Waals surface area contributed by atoms with Gasteiger partial charge in [-0.3, -0.25) is 10.2 Å². The van der Waals surface area contributed by atoms with Gasteiger partial charge in [0.15, 0.2) is 5.78 Å². The van der Waals surface area contributed by atoms with E-state index in [0.717, 1.165) is 40.6 Å². The molecule has 1 fully saturated rings. The average molecular weight is 392 g/mol. The Labute approximate surface area is 169 Å². The average Bonchev–Trinajstić information content (AvgIpc) is 3.21. The third-order valence-corrected chi connectivity index (χ3v) is 5.82. The Bertz CT molecular complexity index is 957. The number of ether oxygens (including phenoxy) is 2. The molecule has 7 heteroatoms. The minimum absolute atomic E-state index is 0.0211. The summed E-state index contributed by atoms with van der Waals surface area (Å²) in [6.45, 7) is 1.87. The van der Waals surface area contributed by atoms with E-state index in [1.54, 1.807) is 7.11 Å². The van der Waals surface area contributed by atoms with Crippen molar-refractivity contribution in [1.82, 2.24) is 21.5 Å². The predicted octanol–water partition coefficient (Wildman–Crippen LogP) is 1.65. The second-order valence-electron chi connectivity index (χ2n) is 7.56. The number of methoxy groups -OCH3 is 1. The van der Waals surface area contributed by atoms with Crippen molar-refractivity contribution < 1.29 is 14.3 Å². The molecule has 0 amide bonds. The molecule has 5 rings (SSSR count). The molecule has 0 saturated carbocycles. The molecule has 3 unspecified atom stereocenters. The normalized spacial score (nSPS) is 25.8. The van der Waals surface area contributed by atoms with Gasteiger partial charge < -0.3 is 20.1 Å². The van der Waals surface area contributed by atoms with E-state index in [2.05, 4.69) is 33.6 Å². The number of fused-ring (bicyclic) bond motifs is 1. The van der Waals surface area contributed by atoms with Gasteiger partial charge in [-0.1, -0.05) is 12.1 Å². The van der Waals surface area contributed by atoms with E-state index in [0.29, 0.717) is 13.1 Å². The van der Waals surface area contributed by atoms with E-state index in [4.69, 9.17) is 9.47 Å². The maximum absolute atomic E-state index is 12.8. The quantitative estimate of drug-likeness (QED) is 0.630. The van der Waals surface area contributed by atoms with Crippen LogP contribution in [0.2, 0.25) is 0 Å². The van der Waals surface area contributed by atoms with Crippen LogP contribution in [-0.4, -0.2) is 38.7 Å². The number of hydrazine groups is 1. The SMILES string of the molecule is COc1ccc(Oc2cccc(C3C4=C(CNCC4=O)NC4NNCC43)c2)cc1. The largest absolute Gasteiger partial charge is 0.497 e. The molecule has 0 radical (unpaired) electrons. The van der Waals surface area contributed by atoms with Crippen LogP contribution in [0.15, 0.2) is 59.8 Å². The number of carbonyl (C=O) groups is 1. The fourth-order valence-corrected chi connectivity index (χ4v) is 4.48. The van der Waals surface area contributed by atoms with Crippen LogP contribution >= 0.6 is 0 Å². The van der Waals surface area contributed by atoms with Gasteiger partial charge in [0.1, 0.15) is 17.2 Å². The Kier molecular flexibility index (Phi) is 4.71. The molecular weight excluding hydrogens is 368 g/mol. The Morgan fingerprint density at radius 3 is 2.66 bits per heavy atom. The molecule has 2 aromatic rings. The van der Waals surface area contributed by atoms with Crippen molar-refractivity contribution in [2.24, 2.45) is 5.92 Å². The Morgan fingerprint density at radius 2 is 1.83 bits per heavy atom. The Balaban J connectivity index is 1.48. The van der Waals surface area contributed by atoms with Gasteiger partial charge in [-0.05, 0) is 42.0 Å². The summed E-state index contributed by atoms with van der Waals surface area (Å²) in [4.78, 5) is 12.8. The van der Waals surface area contributed by atoms with Gasteiger partial charge >= 0.3 is 0 Å². The molecule has 4 N–H and O–H groups in total. The summed E-state index contributed by atoms with van der Waals surface area (Å²) in [6.07, 6.45) is 0.0950. The first-order valence-electron chi connectivity index (χ1n) is 9.86. The van der Waals surface area contributed by atoms with Crippen LogP contribution in [0.1, 0.15) is 11.5 Å². The van der Waals surface area contributed by atoms with E-state index in [1.165, 1.54) is 0 Å². The number of Topliss-reactive ketones (excluding diaryl/α,β-unsaturated/α-hetero) is 1. The van der Waals surface area contributed by atoms with Gasteiger partial charge in [0.05, 0.1) is 19.8 Å². The molecule has 0 spiro atoms. The van der Waals surface area contributed by atoms with Crippen molar-refractivity contribution in [3.63, 3.8) is 0 Å². The lowest BCUT2D eigenvalue weighted by Crippen LogP contribution is -2.53. The lowest BCUT2D eigenvalue weighted by Gasteiger charge is -2.39. The molecule has 0 aliphatic carbocycles. The summed E-state index contributed by atoms with van der Waals surface area (Å²) in [6, 6.07) is 15.6. The molecule has 7 nitrogen and oxygen atoms in total. The number of hydrogen-bond acceptors (Lipinski definition) is 7. The summed E-state index contributed by atoms with van der Waals surface area (Å²) < 4.78 is 11.3. The topological polar surface area (TPSA) is 83.7 Å². The summed E-state index contributed by atoms with van der Waals surface area (Å²) in [5.74, 6) is 2.71. The third-order valence-electron chi connectivity index (χ3n) is 5.82. The summed E-state index contributed by atoms with van der Waals surface area (Å²) >= 11 is 0. The molecule has 0 aromatic heterocycles. The minimum atomic E-state index is 0.0211.